The Bertz CT molecular complexity index is 1050. The second-order valence-electron chi connectivity index (χ2n) is 10.0. The molecular weight excluding hydrogens is 516 g/mol. The highest BCUT2D eigenvalue weighted by Crippen LogP contribution is 2.05. The van der Waals surface area contributed by atoms with Crippen LogP contribution in [0.4, 0.5) is 0 Å². The zero-order chi connectivity index (χ0) is 32.1. The van der Waals surface area contributed by atoms with Crippen LogP contribution in [0.1, 0.15) is 80.5 Å². The van der Waals surface area contributed by atoms with Gasteiger partial charge < -0.3 is 0 Å². The Hall–Kier alpha value is -3.90. The molecule has 0 aliphatic heterocycles. The zero-order valence-corrected chi connectivity index (χ0v) is 28.6. The molecule has 0 N–H and O–H groups in total. The Labute approximate surface area is 265 Å². The molecule has 230 valence electrons. The van der Waals surface area contributed by atoms with Gasteiger partial charge in [-0.15, -0.1) is 0 Å². The minimum Gasteiger partial charge on any atom is -0.0683 e. The summed E-state index contributed by atoms with van der Waals surface area (Å²) in [7, 11) is 0. The van der Waals surface area contributed by atoms with Gasteiger partial charge in [-0.25, -0.2) is 0 Å². The summed E-state index contributed by atoms with van der Waals surface area (Å²) in [5.41, 5.74) is 9.68. The van der Waals surface area contributed by atoms with Crippen molar-refractivity contribution in [3.63, 3.8) is 0 Å². The van der Waals surface area contributed by atoms with E-state index >= 15 is 0 Å². The molecule has 0 unspecified atom stereocenters. The molecule has 0 nitrogen and oxygen atoms in total. The van der Waals surface area contributed by atoms with E-state index in [-0.39, 0.29) is 0 Å². The highest BCUT2D eigenvalue weighted by molar-refractivity contribution is 5.23. The van der Waals surface area contributed by atoms with Crippen molar-refractivity contribution in [2.24, 2.45) is 0 Å². The number of benzene rings is 5. The van der Waals surface area contributed by atoms with Gasteiger partial charge in [-0.3, -0.25) is 0 Å². The summed E-state index contributed by atoms with van der Waals surface area (Å²) >= 11 is 0. The quantitative estimate of drug-likeness (QED) is 0.200. The number of hydrogen-bond acceptors (Lipinski definition) is 0. The molecule has 0 aromatic heterocycles. The van der Waals surface area contributed by atoms with Crippen molar-refractivity contribution in [3.05, 3.63) is 178 Å². The van der Waals surface area contributed by atoms with Gasteiger partial charge in [0.1, 0.15) is 0 Å². The Morgan fingerprint density at radius 3 is 0.535 bits per heavy atom. The van der Waals surface area contributed by atoms with Gasteiger partial charge in [-0.05, 0) is 68.7 Å². The van der Waals surface area contributed by atoms with Gasteiger partial charge in [-0.1, -0.05) is 198 Å². The van der Waals surface area contributed by atoms with E-state index in [4.69, 9.17) is 0 Å². The van der Waals surface area contributed by atoms with Crippen molar-refractivity contribution in [2.75, 3.05) is 0 Å². The maximum atomic E-state index is 2.21. The smallest absolute Gasteiger partial charge is 0.0307 e. The van der Waals surface area contributed by atoms with Crippen LogP contribution < -0.4 is 0 Å². The highest BCUT2D eigenvalue weighted by atomic mass is 13.9. The molecule has 0 atom stereocenters. The number of hydrogen-bond donors (Lipinski definition) is 0. The van der Waals surface area contributed by atoms with Crippen LogP contribution in [0.2, 0.25) is 0 Å². The van der Waals surface area contributed by atoms with E-state index in [1.165, 1.54) is 38.9 Å². The molecule has 0 heterocycles. The molecule has 0 radical (unpaired) electrons. The van der Waals surface area contributed by atoms with Crippen molar-refractivity contribution < 1.29 is 0 Å². The lowest BCUT2D eigenvalue weighted by Crippen LogP contribution is -1.81. The molecule has 0 heteroatoms. The molecule has 0 aliphatic rings. The summed E-state index contributed by atoms with van der Waals surface area (Å²) in [6, 6.07) is 48.4. The van der Waals surface area contributed by atoms with Crippen molar-refractivity contribution >= 4 is 0 Å². The summed E-state index contributed by atoms with van der Waals surface area (Å²) in [4.78, 5) is 0. The van der Waals surface area contributed by atoms with Crippen LogP contribution in [-0.2, 0) is 25.7 Å². The van der Waals surface area contributed by atoms with Crippen LogP contribution in [0.5, 0.6) is 0 Å². The van der Waals surface area contributed by atoms with Crippen LogP contribution in [0, 0.1) is 20.8 Å². The first-order valence-corrected chi connectivity index (χ1v) is 16.1. The van der Waals surface area contributed by atoms with E-state index in [0.717, 1.165) is 25.7 Å². The molecule has 0 saturated heterocycles. The van der Waals surface area contributed by atoms with Crippen LogP contribution >= 0.6 is 0 Å². The van der Waals surface area contributed by atoms with Gasteiger partial charge in [-0.2, -0.15) is 0 Å². The fraction of sp³-hybridized carbons (Fsp3) is 0.302. The van der Waals surface area contributed by atoms with Gasteiger partial charge in [0.15, 0.2) is 0 Å². The normalized spacial score (nSPS) is 8.95. The van der Waals surface area contributed by atoms with E-state index in [2.05, 4.69) is 133 Å². The fourth-order valence-corrected chi connectivity index (χ4v) is 3.62. The predicted molar refractivity (Wildman–Crippen MR) is 195 cm³/mol. The standard InChI is InChI=1S/2C10H14.3C7H8.C2H6/c2*1-3-9-5-7-10(4-2)8-6-9;3*1-7-5-3-2-4-6-7;1-2/h2*5-8H,3-4H2,1-2H3;3*2-6H,1H3;1-2H3. The molecule has 0 saturated carbocycles. The topological polar surface area (TPSA) is 0 Å². The fourth-order valence-electron chi connectivity index (χ4n) is 3.62. The minimum absolute atomic E-state index is 1.14. The highest BCUT2D eigenvalue weighted by Gasteiger charge is 1.89. The number of aryl methyl sites for hydroxylation is 7. The van der Waals surface area contributed by atoms with E-state index < -0.39 is 0 Å². The molecule has 0 aliphatic carbocycles. The Kier molecular flexibility index (Phi) is 24.5. The molecule has 43 heavy (non-hydrogen) atoms. The van der Waals surface area contributed by atoms with Crippen LogP contribution in [0.25, 0.3) is 0 Å². The third-order valence-corrected chi connectivity index (χ3v) is 6.50. The maximum Gasteiger partial charge on any atom is -0.0307 e. The first kappa shape index (κ1) is 39.1. The lowest BCUT2D eigenvalue weighted by molar-refractivity contribution is 1.10. The monoisotopic (exact) mass is 574 g/mol. The first-order chi connectivity index (χ1) is 20.9. The Balaban J connectivity index is 0.000000510. The lowest BCUT2D eigenvalue weighted by atomic mass is 10.1. The van der Waals surface area contributed by atoms with Gasteiger partial charge in [0, 0.05) is 0 Å². The van der Waals surface area contributed by atoms with Crippen molar-refractivity contribution in [3.8, 4) is 0 Å². The van der Waals surface area contributed by atoms with Crippen LogP contribution in [-0.4, -0.2) is 0 Å². The summed E-state index contributed by atoms with van der Waals surface area (Å²) in [6.45, 7) is 19.0. The van der Waals surface area contributed by atoms with E-state index in [1.54, 1.807) is 0 Å². The molecule has 5 rings (SSSR count). The summed E-state index contributed by atoms with van der Waals surface area (Å²) in [5, 5.41) is 0. The lowest BCUT2D eigenvalue weighted by Gasteiger charge is -1.97. The molecule has 5 aromatic rings. The van der Waals surface area contributed by atoms with Crippen molar-refractivity contribution in [1.82, 2.24) is 0 Å². The number of rotatable bonds is 4. The third-order valence-electron chi connectivity index (χ3n) is 6.50. The Morgan fingerprint density at radius 1 is 0.279 bits per heavy atom. The van der Waals surface area contributed by atoms with Crippen molar-refractivity contribution in [2.45, 2.75) is 88.0 Å². The average molecular weight is 575 g/mol. The molecule has 5 aromatic carbocycles. The Morgan fingerprint density at radius 2 is 0.442 bits per heavy atom. The van der Waals surface area contributed by atoms with Crippen LogP contribution in [0.15, 0.2) is 140 Å². The molecule has 0 amide bonds. The third kappa shape index (κ3) is 21.5. The first-order valence-electron chi connectivity index (χ1n) is 16.1. The molecular formula is C43H58. The van der Waals surface area contributed by atoms with Gasteiger partial charge >= 0.3 is 0 Å². The van der Waals surface area contributed by atoms with E-state index in [0.29, 0.717) is 0 Å². The summed E-state index contributed by atoms with van der Waals surface area (Å²) < 4.78 is 0. The maximum absolute atomic E-state index is 2.21. The summed E-state index contributed by atoms with van der Waals surface area (Å²) in [5.74, 6) is 0. The van der Waals surface area contributed by atoms with Crippen molar-refractivity contribution in [1.29, 1.82) is 0 Å². The van der Waals surface area contributed by atoms with Gasteiger partial charge in [0.2, 0.25) is 0 Å². The SMILES string of the molecule is CC.CCc1ccc(CC)cc1.CCc1ccc(CC)cc1.Cc1ccccc1.Cc1ccccc1.Cc1ccccc1. The van der Waals surface area contributed by atoms with E-state index in [1.807, 2.05) is 68.4 Å². The zero-order valence-electron chi connectivity index (χ0n) is 28.6. The minimum atomic E-state index is 1.14. The van der Waals surface area contributed by atoms with Gasteiger partial charge in [0.05, 0.1) is 0 Å². The van der Waals surface area contributed by atoms with E-state index in [9.17, 15) is 0 Å². The summed E-state index contributed by atoms with van der Waals surface area (Å²) in [6.07, 6.45) is 4.57. The second kappa shape index (κ2) is 27.0. The van der Waals surface area contributed by atoms with Crippen LogP contribution in [0.3, 0.4) is 0 Å². The second-order valence-corrected chi connectivity index (χ2v) is 10.0. The predicted octanol–water partition coefficient (Wildman–Crippen LogP) is 12.6. The average Bonchev–Trinajstić information content (AvgIpc) is 3.08. The molecule has 0 fully saturated rings. The van der Waals surface area contributed by atoms with Gasteiger partial charge in [0.25, 0.3) is 0 Å². The largest absolute Gasteiger partial charge is 0.0683 e. The molecule has 0 bridgehead atoms. The molecule has 0 spiro atoms.